The third kappa shape index (κ3) is 5.48. The molecule has 2 aromatic rings. The Labute approximate surface area is 181 Å². The van der Waals surface area contributed by atoms with Crippen LogP contribution < -0.4 is 15.5 Å². The molecule has 1 amide bonds. The summed E-state index contributed by atoms with van der Waals surface area (Å²) in [4.78, 5) is 25.4. The number of halogens is 3. The van der Waals surface area contributed by atoms with Crippen molar-refractivity contribution in [1.82, 2.24) is 5.32 Å². The number of piperidine rings is 1. The number of para-hydroxylation sites is 1. The summed E-state index contributed by atoms with van der Waals surface area (Å²) in [6.07, 6.45) is -1.68. The van der Waals surface area contributed by atoms with Gasteiger partial charge >= 0.3 is 6.18 Å². The lowest BCUT2D eigenvalue weighted by molar-refractivity contribution is -0.384. The summed E-state index contributed by atoms with van der Waals surface area (Å²) in [5.41, 5.74) is -1.06. The fraction of sp³-hybridized carbons (Fsp3) is 0.300. The molecule has 0 aromatic heterocycles. The number of alkyl halides is 3. The van der Waals surface area contributed by atoms with Crippen LogP contribution in [0.1, 0.15) is 35.2 Å². The number of nitrogens with zero attached hydrogens (tertiary/aromatic N) is 2. The van der Waals surface area contributed by atoms with Crippen LogP contribution in [0.2, 0.25) is 0 Å². The molecule has 0 unspecified atom stereocenters. The molecule has 3 rings (SSSR count). The second-order valence-corrected chi connectivity index (χ2v) is 7.37. The van der Waals surface area contributed by atoms with Gasteiger partial charge in [0.25, 0.3) is 11.6 Å². The number of benzene rings is 2. The predicted molar refractivity (Wildman–Crippen MR) is 114 cm³/mol. The standard InChI is InChI=1S/C20H19F3N4O3S/c21-20(22,23)14-6-2-3-7-15(14)24-19(31)25-18(28)13-8-9-16(17(12-13)27(29)30)26-10-4-1-5-11-26/h2-3,6-9,12H,1,4-5,10-11H2,(H2,24,25,28,31). The third-order valence-corrected chi connectivity index (χ3v) is 5.04. The maximum Gasteiger partial charge on any atom is 0.418 e. The van der Waals surface area contributed by atoms with Crippen LogP contribution in [-0.2, 0) is 6.18 Å². The summed E-state index contributed by atoms with van der Waals surface area (Å²) in [7, 11) is 0. The van der Waals surface area contributed by atoms with Crippen LogP contribution in [0.3, 0.4) is 0 Å². The van der Waals surface area contributed by atoms with Crippen LogP contribution in [0, 0.1) is 10.1 Å². The van der Waals surface area contributed by atoms with E-state index in [4.69, 9.17) is 12.2 Å². The van der Waals surface area contributed by atoms with Crippen molar-refractivity contribution < 1.29 is 22.9 Å². The molecule has 2 aromatic carbocycles. The van der Waals surface area contributed by atoms with E-state index in [0.717, 1.165) is 31.4 Å². The predicted octanol–water partition coefficient (Wildman–Crippen LogP) is 4.73. The summed E-state index contributed by atoms with van der Waals surface area (Å²) < 4.78 is 39.3. The van der Waals surface area contributed by atoms with Crippen LogP contribution in [0.15, 0.2) is 42.5 Å². The normalized spacial score (nSPS) is 14.1. The average molecular weight is 452 g/mol. The smallest absolute Gasteiger partial charge is 0.366 e. The summed E-state index contributed by atoms with van der Waals surface area (Å²) in [6.45, 7) is 1.39. The highest BCUT2D eigenvalue weighted by molar-refractivity contribution is 7.80. The monoisotopic (exact) mass is 452 g/mol. The van der Waals surface area contributed by atoms with Gasteiger partial charge < -0.3 is 10.2 Å². The van der Waals surface area contributed by atoms with Crippen LogP contribution in [0.4, 0.5) is 30.2 Å². The fourth-order valence-corrected chi connectivity index (χ4v) is 3.58. The van der Waals surface area contributed by atoms with Gasteiger partial charge in [-0.3, -0.25) is 20.2 Å². The van der Waals surface area contributed by atoms with Gasteiger partial charge in [-0.15, -0.1) is 0 Å². The Morgan fingerprint density at radius 2 is 1.77 bits per heavy atom. The first-order valence-corrected chi connectivity index (χ1v) is 9.89. The van der Waals surface area contributed by atoms with Crippen LogP contribution in [-0.4, -0.2) is 29.0 Å². The zero-order chi connectivity index (χ0) is 22.6. The molecule has 0 spiro atoms. The van der Waals surface area contributed by atoms with Crippen molar-refractivity contribution in [3.05, 3.63) is 63.7 Å². The summed E-state index contributed by atoms with van der Waals surface area (Å²) in [5, 5.41) is 15.8. The number of amides is 1. The maximum absolute atomic E-state index is 13.1. The highest BCUT2D eigenvalue weighted by atomic mass is 32.1. The molecule has 7 nitrogen and oxygen atoms in total. The van der Waals surface area contributed by atoms with Crippen molar-refractivity contribution >= 4 is 40.3 Å². The molecule has 1 fully saturated rings. The van der Waals surface area contributed by atoms with Gasteiger partial charge in [0.05, 0.1) is 16.2 Å². The molecule has 0 atom stereocenters. The van der Waals surface area contributed by atoms with Gasteiger partial charge in [-0.2, -0.15) is 13.2 Å². The van der Waals surface area contributed by atoms with Gasteiger partial charge in [0.1, 0.15) is 5.69 Å². The zero-order valence-electron chi connectivity index (χ0n) is 16.2. The average Bonchev–Trinajstić information content (AvgIpc) is 2.73. The summed E-state index contributed by atoms with van der Waals surface area (Å²) in [6, 6.07) is 8.77. The van der Waals surface area contributed by atoms with E-state index in [2.05, 4.69) is 10.6 Å². The Morgan fingerprint density at radius 3 is 2.42 bits per heavy atom. The van der Waals surface area contributed by atoms with Gasteiger partial charge in [0.15, 0.2) is 5.11 Å². The van der Waals surface area contributed by atoms with Crippen molar-refractivity contribution in [2.24, 2.45) is 0 Å². The number of carbonyl (C=O) groups is 1. The van der Waals surface area contributed by atoms with Crippen molar-refractivity contribution in [2.75, 3.05) is 23.3 Å². The molecule has 11 heteroatoms. The second-order valence-electron chi connectivity index (χ2n) is 6.96. The van der Waals surface area contributed by atoms with E-state index in [1.807, 2.05) is 4.90 Å². The first kappa shape index (κ1) is 22.5. The first-order chi connectivity index (χ1) is 14.7. The van der Waals surface area contributed by atoms with Gasteiger partial charge in [-0.1, -0.05) is 12.1 Å². The number of rotatable bonds is 4. The fourth-order valence-electron chi connectivity index (χ4n) is 3.38. The minimum atomic E-state index is -4.60. The van der Waals surface area contributed by atoms with Crippen molar-refractivity contribution in [2.45, 2.75) is 25.4 Å². The van der Waals surface area contributed by atoms with E-state index in [9.17, 15) is 28.1 Å². The molecule has 2 N–H and O–H groups in total. The van der Waals surface area contributed by atoms with E-state index >= 15 is 0 Å². The van der Waals surface area contributed by atoms with Gasteiger partial charge in [-0.25, -0.2) is 0 Å². The molecular weight excluding hydrogens is 433 g/mol. The molecule has 0 radical (unpaired) electrons. The molecule has 164 valence electrons. The Hall–Kier alpha value is -3.21. The number of carbonyl (C=O) groups excluding carboxylic acids is 1. The molecule has 31 heavy (non-hydrogen) atoms. The number of thiocarbonyl (C=S) groups is 1. The number of nitro benzene ring substituents is 1. The van der Waals surface area contributed by atoms with Gasteiger partial charge in [-0.05, 0) is 55.7 Å². The van der Waals surface area contributed by atoms with E-state index in [0.29, 0.717) is 18.8 Å². The molecule has 1 aliphatic rings. The summed E-state index contributed by atoms with van der Waals surface area (Å²) >= 11 is 4.95. The van der Waals surface area contributed by atoms with E-state index in [1.165, 1.54) is 30.3 Å². The van der Waals surface area contributed by atoms with Crippen molar-refractivity contribution in [3.63, 3.8) is 0 Å². The van der Waals surface area contributed by atoms with Crippen molar-refractivity contribution in [1.29, 1.82) is 0 Å². The lowest BCUT2D eigenvalue weighted by atomic mass is 10.1. The lowest BCUT2D eigenvalue weighted by Gasteiger charge is -2.28. The molecular formula is C20H19F3N4O3S. The maximum atomic E-state index is 13.1. The SMILES string of the molecule is O=C(NC(=S)Nc1ccccc1C(F)(F)F)c1ccc(N2CCCCC2)c([N+](=O)[O-])c1. The Bertz CT molecular complexity index is 1010. The molecule has 1 saturated heterocycles. The third-order valence-electron chi connectivity index (χ3n) is 4.84. The topological polar surface area (TPSA) is 87.5 Å². The molecule has 0 aliphatic carbocycles. The Morgan fingerprint density at radius 1 is 1.10 bits per heavy atom. The Kier molecular flexibility index (Phi) is 6.74. The minimum absolute atomic E-state index is 0.0271. The molecule has 0 bridgehead atoms. The van der Waals surface area contributed by atoms with Gasteiger partial charge in [0, 0.05) is 24.7 Å². The number of anilines is 2. The summed E-state index contributed by atoms with van der Waals surface area (Å²) in [5.74, 6) is -0.768. The zero-order valence-corrected chi connectivity index (χ0v) is 17.1. The minimum Gasteiger partial charge on any atom is -0.366 e. The van der Waals surface area contributed by atoms with E-state index < -0.39 is 22.6 Å². The van der Waals surface area contributed by atoms with E-state index in [1.54, 1.807) is 0 Å². The number of hydrogen-bond acceptors (Lipinski definition) is 5. The van der Waals surface area contributed by atoms with Crippen LogP contribution in [0.25, 0.3) is 0 Å². The van der Waals surface area contributed by atoms with Gasteiger partial charge in [0.2, 0.25) is 0 Å². The number of nitrogens with one attached hydrogen (secondary N) is 2. The van der Waals surface area contributed by atoms with E-state index in [-0.39, 0.29) is 22.1 Å². The highest BCUT2D eigenvalue weighted by Crippen LogP contribution is 2.34. The largest absolute Gasteiger partial charge is 0.418 e. The number of nitro groups is 1. The molecule has 0 saturated carbocycles. The molecule has 1 aliphatic heterocycles. The van der Waals surface area contributed by atoms with Crippen LogP contribution in [0.5, 0.6) is 0 Å². The first-order valence-electron chi connectivity index (χ1n) is 9.49. The second kappa shape index (κ2) is 9.29. The highest BCUT2D eigenvalue weighted by Gasteiger charge is 2.33. The quantitative estimate of drug-likeness (QED) is 0.396. The molecule has 1 heterocycles. The number of hydrogen-bond donors (Lipinski definition) is 2. The van der Waals surface area contributed by atoms with Crippen LogP contribution >= 0.6 is 12.2 Å². The van der Waals surface area contributed by atoms with Crippen molar-refractivity contribution in [3.8, 4) is 0 Å². The Balaban J connectivity index is 1.75. The lowest BCUT2D eigenvalue weighted by Crippen LogP contribution is -2.35.